The van der Waals surface area contributed by atoms with Crippen LogP contribution in [0.4, 0.5) is 18.9 Å². The highest BCUT2D eigenvalue weighted by atomic mass is 35.5. The SMILES string of the molecule is COCCC(COC)NCc1c(C(F)(F)F)nc2c(NC(=O)c3c(Cl)cccc3Cl)cccn12.Cl.Cl. The third-order valence-electron chi connectivity index (χ3n) is 5.05. The Morgan fingerprint density at radius 1 is 1.11 bits per heavy atom. The maximum Gasteiger partial charge on any atom is 0.435 e. The molecule has 0 fully saturated rings. The number of alkyl halides is 3. The van der Waals surface area contributed by atoms with Crippen LogP contribution in [0.15, 0.2) is 36.5 Å². The average molecular weight is 592 g/mol. The summed E-state index contributed by atoms with van der Waals surface area (Å²) in [6.07, 6.45) is -2.71. The molecule has 0 spiro atoms. The first-order chi connectivity index (χ1) is 16.2. The molecule has 1 amide bonds. The normalized spacial score (nSPS) is 12.1. The Labute approximate surface area is 228 Å². The molecule has 3 aromatic rings. The van der Waals surface area contributed by atoms with Gasteiger partial charge in [-0.25, -0.2) is 4.98 Å². The van der Waals surface area contributed by atoms with Gasteiger partial charge in [0.25, 0.3) is 5.91 Å². The molecule has 1 atom stereocenters. The third-order valence-corrected chi connectivity index (χ3v) is 5.68. The fraction of sp³-hybridized carbons (Fsp3) is 0.364. The molecule has 14 heteroatoms. The third kappa shape index (κ3) is 7.61. The number of rotatable bonds is 10. The van der Waals surface area contributed by atoms with Gasteiger partial charge in [0.15, 0.2) is 11.3 Å². The van der Waals surface area contributed by atoms with Crippen LogP contribution in [-0.2, 0) is 22.2 Å². The molecule has 0 aliphatic carbocycles. The summed E-state index contributed by atoms with van der Waals surface area (Å²) >= 11 is 12.2. The topological polar surface area (TPSA) is 76.9 Å². The molecule has 200 valence electrons. The van der Waals surface area contributed by atoms with Gasteiger partial charge < -0.3 is 24.5 Å². The lowest BCUT2D eigenvalue weighted by Gasteiger charge is -2.18. The number of pyridine rings is 1. The first-order valence-corrected chi connectivity index (χ1v) is 11.0. The average Bonchev–Trinajstić information content (AvgIpc) is 3.16. The van der Waals surface area contributed by atoms with Gasteiger partial charge in [0.1, 0.15) is 0 Å². The largest absolute Gasteiger partial charge is 0.435 e. The minimum atomic E-state index is -4.71. The maximum atomic E-state index is 13.9. The summed E-state index contributed by atoms with van der Waals surface area (Å²) in [5, 5.41) is 5.87. The van der Waals surface area contributed by atoms with Gasteiger partial charge >= 0.3 is 6.18 Å². The van der Waals surface area contributed by atoms with E-state index in [1.165, 1.54) is 42.0 Å². The highest BCUT2D eigenvalue weighted by Gasteiger charge is 2.38. The van der Waals surface area contributed by atoms with Gasteiger partial charge in [-0.05, 0) is 30.7 Å². The summed E-state index contributed by atoms with van der Waals surface area (Å²) < 4.78 is 53.1. The first-order valence-electron chi connectivity index (χ1n) is 10.2. The van der Waals surface area contributed by atoms with Gasteiger partial charge in [0, 0.05) is 39.6 Å². The predicted octanol–water partition coefficient (Wildman–Crippen LogP) is 5.90. The van der Waals surface area contributed by atoms with Gasteiger partial charge in [0.2, 0.25) is 0 Å². The van der Waals surface area contributed by atoms with Crippen LogP contribution in [0, 0.1) is 0 Å². The van der Waals surface area contributed by atoms with Crippen molar-refractivity contribution in [1.82, 2.24) is 14.7 Å². The number of nitrogens with zero attached hydrogens (tertiary/aromatic N) is 2. The molecule has 0 aliphatic heterocycles. The van der Waals surface area contributed by atoms with Crippen molar-refractivity contribution in [2.75, 3.05) is 32.8 Å². The monoisotopic (exact) mass is 590 g/mol. The Hall–Kier alpha value is -1.79. The summed E-state index contributed by atoms with van der Waals surface area (Å²) in [7, 11) is 3.05. The molecule has 7 nitrogen and oxygen atoms in total. The van der Waals surface area contributed by atoms with Crippen LogP contribution >= 0.6 is 48.0 Å². The molecule has 0 saturated carbocycles. The van der Waals surface area contributed by atoms with E-state index in [2.05, 4.69) is 15.6 Å². The summed E-state index contributed by atoms with van der Waals surface area (Å²) in [5.41, 5.74) is -1.14. The van der Waals surface area contributed by atoms with Gasteiger partial charge in [-0.1, -0.05) is 29.3 Å². The van der Waals surface area contributed by atoms with E-state index in [4.69, 9.17) is 32.7 Å². The van der Waals surface area contributed by atoms with Crippen LogP contribution in [0.25, 0.3) is 5.65 Å². The number of aromatic nitrogens is 2. The lowest BCUT2D eigenvalue weighted by Crippen LogP contribution is -2.34. The maximum absolute atomic E-state index is 13.9. The molecule has 3 rings (SSSR count). The number of hydrogen-bond donors (Lipinski definition) is 2. The van der Waals surface area contributed by atoms with Crippen molar-refractivity contribution in [1.29, 1.82) is 0 Å². The zero-order chi connectivity index (χ0) is 24.9. The molecule has 1 aromatic carbocycles. The molecular weight excluding hydrogens is 567 g/mol. The van der Waals surface area contributed by atoms with Crippen molar-refractivity contribution in [3.05, 3.63) is 63.5 Å². The van der Waals surface area contributed by atoms with Crippen molar-refractivity contribution < 1.29 is 27.4 Å². The second-order valence-electron chi connectivity index (χ2n) is 7.39. The van der Waals surface area contributed by atoms with Crippen LogP contribution in [0.2, 0.25) is 10.0 Å². The van der Waals surface area contributed by atoms with E-state index < -0.39 is 17.8 Å². The second kappa shape index (κ2) is 14.2. The molecule has 2 N–H and O–H groups in total. The van der Waals surface area contributed by atoms with Gasteiger partial charge in [-0.15, -0.1) is 24.8 Å². The lowest BCUT2D eigenvalue weighted by atomic mass is 10.2. The molecule has 2 aromatic heterocycles. The number of anilines is 1. The highest BCUT2D eigenvalue weighted by Crippen LogP contribution is 2.34. The Morgan fingerprint density at radius 3 is 2.36 bits per heavy atom. The number of amides is 1. The number of carbonyl (C=O) groups excluding carboxylic acids is 1. The number of nitrogens with one attached hydrogen (secondary N) is 2. The van der Waals surface area contributed by atoms with E-state index in [1.54, 1.807) is 13.2 Å². The van der Waals surface area contributed by atoms with E-state index in [9.17, 15) is 18.0 Å². The van der Waals surface area contributed by atoms with E-state index in [0.29, 0.717) is 19.6 Å². The molecule has 0 saturated heterocycles. The van der Waals surface area contributed by atoms with Gasteiger partial charge in [-0.3, -0.25) is 4.79 Å². The molecular formula is C22H25Cl4F3N4O3. The number of methoxy groups -OCH3 is 2. The van der Waals surface area contributed by atoms with Crippen LogP contribution in [0.5, 0.6) is 0 Å². The molecule has 0 aliphatic rings. The Kier molecular flexibility index (Phi) is 12.7. The summed E-state index contributed by atoms with van der Waals surface area (Å²) in [6.45, 7) is 0.573. The van der Waals surface area contributed by atoms with Crippen molar-refractivity contribution in [2.45, 2.75) is 25.2 Å². The van der Waals surface area contributed by atoms with E-state index in [1.807, 2.05) is 0 Å². The van der Waals surface area contributed by atoms with Crippen LogP contribution in [0.3, 0.4) is 0 Å². The number of halogens is 7. The Balaban J connectivity index is 0.00000324. The highest BCUT2D eigenvalue weighted by molar-refractivity contribution is 6.40. The Bertz CT molecular complexity index is 1140. The molecule has 0 radical (unpaired) electrons. The van der Waals surface area contributed by atoms with Crippen LogP contribution in [0.1, 0.15) is 28.2 Å². The van der Waals surface area contributed by atoms with Gasteiger partial charge in [0.05, 0.1) is 33.6 Å². The van der Waals surface area contributed by atoms with Crippen molar-refractivity contribution in [3.63, 3.8) is 0 Å². The second-order valence-corrected chi connectivity index (χ2v) is 8.20. The molecule has 0 bridgehead atoms. The molecule has 1 unspecified atom stereocenters. The van der Waals surface area contributed by atoms with Crippen molar-refractivity contribution in [3.8, 4) is 0 Å². The lowest BCUT2D eigenvalue weighted by molar-refractivity contribution is -0.141. The zero-order valence-electron chi connectivity index (χ0n) is 19.2. The first kappa shape index (κ1) is 32.2. The van der Waals surface area contributed by atoms with E-state index in [-0.39, 0.29) is 70.0 Å². The summed E-state index contributed by atoms with van der Waals surface area (Å²) in [5.74, 6) is -0.667. The Morgan fingerprint density at radius 2 is 1.78 bits per heavy atom. The minimum absolute atomic E-state index is 0. The van der Waals surface area contributed by atoms with Crippen molar-refractivity contribution >= 4 is 65.3 Å². The summed E-state index contributed by atoms with van der Waals surface area (Å²) in [6, 6.07) is 7.29. The quantitative estimate of drug-likeness (QED) is 0.307. The number of ether oxygens (including phenoxy) is 2. The number of imidazole rings is 1. The number of fused-ring (bicyclic) bond motifs is 1. The zero-order valence-corrected chi connectivity index (χ0v) is 22.3. The number of carbonyl (C=O) groups is 1. The van der Waals surface area contributed by atoms with Crippen molar-refractivity contribution in [2.24, 2.45) is 0 Å². The fourth-order valence-electron chi connectivity index (χ4n) is 3.46. The fourth-order valence-corrected chi connectivity index (χ4v) is 4.03. The molecule has 2 heterocycles. The van der Waals surface area contributed by atoms with Crippen LogP contribution in [-0.4, -0.2) is 48.8 Å². The summed E-state index contributed by atoms with van der Waals surface area (Å²) in [4.78, 5) is 16.6. The van der Waals surface area contributed by atoms with Crippen LogP contribution < -0.4 is 10.6 Å². The molecule has 36 heavy (non-hydrogen) atoms. The number of benzene rings is 1. The van der Waals surface area contributed by atoms with Gasteiger partial charge in [-0.2, -0.15) is 13.2 Å². The van der Waals surface area contributed by atoms with E-state index >= 15 is 0 Å². The predicted molar refractivity (Wildman–Crippen MR) is 138 cm³/mol. The smallest absolute Gasteiger partial charge is 0.385 e. The van der Waals surface area contributed by atoms with E-state index in [0.717, 1.165) is 0 Å². The minimum Gasteiger partial charge on any atom is -0.385 e. The number of hydrogen-bond acceptors (Lipinski definition) is 5. The standard InChI is InChI=1S/C22H23Cl2F3N4O3.2ClH/c1-33-10-8-13(12-34-2)28-11-17-19(22(25,26)27)30-20-16(7-4-9-31(17)20)29-21(32)18-14(23)5-3-6-15(18)24;;/h3-7,9,13,28H,8,10-12H2,1-2H3,(H,29,32);2*1H.